The standard InChI is InChI=1S/C22H27F2N3O3/c1-29-19-8-4-18(5-9-19)27-14-12-26(13-15-27)16-21(28)25-11-10-17-2-6-20(7-3-17)30-22(23)24/h2-9,22H,10-16H2,1H3,(H,25,28)/p+1. The van der Waals surface area contributed by atoms with Crippen LogP contribution in [-0.2, 0) is 11.2 Å². The van der Waals surface area contributed by atoms with Crippen LogP contribution in [0.15, 0.2) is 48.5 Å². The number of hydrogen-bond acceptors (Lipinski definition) is 4. The van der Waals surface area contributed by atoms with E-state index >= 15 is 0 Å². The highest BCUT2D eigenvalue weighted by atomic mass is 19.3. The van der Waals surface area contributed by atoms with Gasteiger partial charge in [-0.1, -0.05) is 12.1 Å². The number of ether oxygens (including phenoxy) is 2. The van der Waals surface area contributed by atoms with Crippen molar-refractivity contribution in [1.82, 2.24) is 5.32 Å². The van der Waals surface area contributed by atoms with Crippen molar-refractivity contribution in [2.75, 3.05) is 51.3 Å². The normalized spacial score (nSPS) is 14.6. The molecular formula is C22H28F2N3O3+. The zero-order valence-corrected chi connectivity index (χ0v) is 17.1. The number of quaternary nitrogens is 1. The van der Waals surface area contributed by atoms with Gasteiger partial charge in [0.25, 0.3) is 5.91 Å². The lowest BCUT2D eigenvalue weighted by atomic mass is 10.1. The molecule has 0 spiro atoms. The van der Waals surface area contributed by atoms with Crippen LogP contribution in [0.3, 0.4) is 0 Å². The number of benzene rings is 2. The fourth-order valence-electron chi connectivity index (χ4n) is 3.52. The van der Waals surface area contributed by atoms with Gasteiger partial charge in [0.2, 0.25) is 0 Å². The summed E-state index contributed by atoms with van der Waals surface area (Å²) in [5, 5.41) is 2.94. The topological polar surface area (TPSA) is 55.2 Å². The Balaban J connectivity index is 1.34. The molecule has 0 bridgehead atoms. The molecule has 162 valence electrons. The van der Waals surface area contributed by atoms with Crippen molar-refractivity contribution in [2.45, 2.75) is 13.0 Å². The summed E-state index contributed by atoms with van der Waals surface area (Å²) in [4.78, 5) is 15.8. The molecule has 1 aliphatic rings. The molecule has 0 aliphatic carbocycles. The van der Waals surface area contributed by atoms with Crippen LogP contribution in [0.4, 0.5) is 14.5 Å². The fraction of sp³-hybridized carbons (Fsp3) is 0.409. The van der Waals surface area contributed by atoms with Gasteiger partial charge in [-0.25, -0.2) is 0 Å². The molecule has 2 aromatic rings. The summed E-state index contributed by atoms with van der Waals surface area (Å²) in [7, 11) is 1.66. The summed E-state index contributed by atoms with van der Waals surface area (Å²) in [6.45, 7) is 1.77. The molecule has 1 heterocycles. The molecule has 1 saturated heterocycles. The third-order valence-corrected chi connectivity index (χ3v) is 5.20. The predicted molar refractivity (Wildman–Crippen MR) is 111 cm³/mol. The number of carbonyl (C=O) groups excluding carboxylic acids is 1. The summed E-state index contributed by atoms with van der Waals surface area (Å²) in [5.41, 5.74) is 2.13. The minimum absolute atomic E-state index is 0.0283. The van der Waals surface area contributed by atoms with Gasteiger partial charge in [0.1, 0.15) is 11.5 Å². The second-order valence-electron chi connectivity index (χ2n) is 7.23. The Kier molecular flexibility index (Phi) is 7.84. The second-order valence-corrected chi connectivity index (χ2v) is 7.23. The van der Waals surface area contributed by atoms with E-state index in [0.29, 0.717) is 19.5 Å². The molecule has 0 unspecified atom stereocenters. The van der Waals surface area contributed by atoms with Crippen LogP contribution in [0.2, 0.25) is 0 Å². The number of nitrogens with one attached hydrogen (secondary N) is 2. The molecule has 3 rings (SSSR count). The van der Waals surface area contributed by atoms with Gasteiger partial charge in [0.05, 0.1) is 33.3 Å². The quantitative estimate of drug-likeness (QED) is 0.643. The maximum absolute atomic E-state index is 12.2. The molecule has 0 atom stereocenters. The highest BCUT2D eigenvalue weighted by molar-refractivity contribution is 5.76. The van der Waals surface area contributed by atoms with Crippen LogP contribution < -0.4 is 24.6 Å². The number of alkyl halides is 2. The smallest absolute Gasteiger partial charge is 0.387 e. The Bertz CT molecular complexity index is 792. The first-order chi connectivity index (χ1) is 14.5. The molecular weight excluding hydrogens is 392 g/mol. The van der Waals surface area contributed by atoms with Gasteiger partial charge >= 0.3 is 6.61 Å². The minimum Gasteiger partial charge on any atom is -0.497 e. The molecule has 30 heavy (non-hydrogen) atoms. The number of carbonyl (C=O) groups is 1. The number of halogens is 2. The summed E-state index contributed by atoms with van der Waals surface area (Å²) >= 11 is 0. The van der Waals surface area contributed by atoms with Crippen molar-refractivity contribution in [2.24, 2.45) is 0 Å². The zero-order chi connectivity index (χ0) is 21.3. The highest BCUT2D eigenvalue weighted by Gasteiger charge is 2.22. The Hall–Kier alpha value is -2.87. The molecule has 2 N–H and O–H groups in total. The van der Waals surface area contributed by atoms with E-state index in [1.54, 1.807) is 19.2 Å². The van der Waals surface area contributed by atoms with Crippen molar-refractivity contribution in [3.8, 4) is 11.5 Å². The van der Waals surface area contributed by atoms with E-state index in [1.165, 1.54) is 22.7 Å². The summed E-state index contributed by atoms with van der Waals surface area (Å²) < 4.78 is 33.8. The zero-order valence-electron chi connectivity index (χ0n) is 17.1. The predicted octanol–water partition coefficient (Wildman–Crippen LogP) is 1.36. The Morgan fingerprint density at radius 3 is 2.30 bits per heavy atom. The van der Waals surface area contributed by atoms with E-state index in [2.05, 4.69) is 27.1 Å². The number of amides is 1. The summed E-state index contributed by atoms with van der Waals surface area (Å²) in [6.07, 6.45) is 0.640. The monoisotopic (exact) mass is 420 g/mol. The molecule has 1 fully saturated rings. The van der Waals surface area contributed by atoms with E-state index in [-0.39, 0.29) is 11.7 Å². The van der Waals surface area contributed by atoms with Crippen LogP contribution in [0, 0.1) is 0 Å². The van der Waals surface area contributed by atoms with Crippen molar-refractivity contribution < 1.29 is 27.9 Å². The Morgan fingerprint density at radius 1 is 1.07 bits per heavy atom. The number of nitrogens with zero attached hydrogens (tertiary/aromatic N) is 1. The van der Waals surface area contributed by atoms with E-state index in [4.69, 9.17) is 4.74 Å². The number of methoxy groups -OCH3 is 1. The van der Waals surface area contributed by atoms with Crippen LogP contribution in [-0.4, -0.2) is 58.9 Å². The van der Waals surface area contributed by atoms with Gasteiger partial charge in [-0.2, -0.15) is 8.78 Å². The molecule has 8 heteroatoms. The number of hydrogen-bond donors (Lipinski definition) is 2. The third-order valence-electron chi connectivity index (χ3n) is 5.20. The lowest BCUT2D eigenvalue weighted by Gasteiger charge is -2.33. The fourth-order valence-corrected chi connectivity index (χ4v) is 3.52. The maximum Gasteiger partial charge on any atom is 0.387 e. The number of rotatable bonds is 9. The lowest BCUT2D eigenvalue weighted by Crippen LogP contribution is -3.16. The van der Waals surface area contributed by atoms with Crippen LogP contribution in [0.25, 0.3) is 0 Å². The molecule has 0 radical (unpaired) electrons. The first-order valence-electron chi connectivity index (χ1n) is 10.1. The molecule has 2 aromatic carbocycles. The largest absolute Gasteiger partial charge is 0.497 e. The molecule has 0 saturated carbocycles. The average molecular weight is 420 g/mol. The molecule has 1 aliphatic heterocycles. The lowest BCUT2D eigenvalue weighted by molar-refractivity contribution is -0.892. The maximum atomic E-state index is 12.2. The first kappa shape index (κ1) is 21.8. The summed E-state index contributed by atoms with van der Waals surface area (Å²) in [6, 6.07) is 14.5. The van der Waals surface area contributed by atoms with Gasteiger partial charge in [-0.3, -0.25) is 4.79 Å². The van der Waals surface area contributed by atoms with Gasteiger partial charge in [-0.15, -0.1) is 0 Å². The van der Waals surface area contributed by atoms with Crippen molar-refractivity contribution >= 4 is 11.6 Å². The summed E-state index contributed by atoms with van der Waals surface area (Å²) in [5.74, 6) is 1.01. The number of anilines is 1. The van der Waals surface area contributed by atoms with E-state index in [0.717, 1.165) is 37.5 Å². The van der Waals surface area contributed by atoms with Gasteiger partial charge in [0.15, 0.2) is 6.54 Å². The highest BCUT2D eigenvalue weighted by Crippen LogP contribution is 2.19. The van der Waals surface area contributed by atoms with Crippen LogP contribution in [0.1, 0.15) is 5.56 Å². The van der Waals surface area contributed by atoms with Crippen LogP contribution in [0.5, 0.6) is 11.5 Å². The SMILES string of the molecule is COc1ccc(N2CC[NH+](CC(=O)NCCc3ccc(OC(F)F)cc3)CC2)cc1. The van der Waals surface area contributed by atoms with Gasteiger partial charge < -0.3 is 24.6 Å². The van der Waals surface area contributed by atoms with E-state index < -0.39 is 6.61 Å². The second kappa shape index (κ2) is 10.8. The Morgan fingerprint density at radius 2 is 1.70 bits per heavy atom. The van der Waals surface area contributed by atoms with E-state index in [9.17, 15) is 13.6 Å². The van der Waals surface area contributed by atoms with Crippen LogP contribution >= 0.6 is 0 Å². The first-order valence-corrected chi connectivity index (χ1v) is 10.1. The molecule has 0 aromatic heterocycles. The molecule has 6 nitrogen and oxygen atoms in total. The van der Waals surface area contributed by atoms with Crippen molar-refractivity contribution in [3.05, 3.63) is 54.1 Å². The van der Waals surface area contributed by atoms with Crippen molar-refractivity contribution in [1.29, 1.82) is 0 Å². The van der Waals surface area contributed by atoms with Crippen molar-refractivity contribution in [3.63, 3.8) is 0 Å². The van der Waals surface area contributed by atoms with Gasteiger partial charge in [-0.05, 0) is 48.4 Å². The Labute approximate surface area is 175 Å². The van der Waals surface area contributed by atoms with E-state index in [1.807, 2.05) is 12.1 Å². The van der Waals surface area contributed by atoms with Gasteiger partial charge in [0, 0.05) is 12.2 Å². The average Bonchev–Trinajstić information content (AvgIpc) is 2.75. The minimum atomic E-state index is -2.82. The molecule has 1 amide bonds. The third kappa shape index (κ3) is 6.59. The number of piperazine rings is 1.